The Balaban J connectivity index is 2.20. The molecule has 1 aromatic rings. The van der Waals surface area contributed by atoms with E-state index in [-0.39, 0.29) is 5.88 Å². The maximum Gasteiger partial charge on any atom is 0.341 e. The lowest BCUT2D eigenvalue weighted by Crippen LogP contribution is -2.18. The molecule has 1 fully saturated rings. The molecule has 0 bridgehead atoms. The molecule has 0 spiro atoms. The van der Waals surface area contributed by atoms with Gasteiger partial charge in [-0.1, -0.05) is 26.2 Å². The Labute approximate surface area is 131 Å². The molecule has 1 aromatic heterocycles. The molecule has 2 rings (SSSR count). The van der Waals surface area contributed by atoms with Crippen LogP contribution in [0.5, 0.6) is 0 Å². The molecule has 0 radical (unpaired) electrons. The number of carbonyl (C=O) groups is 1. The van der Waals surface area contributed by atoms with Gasteiger partial charge in [-0.15, -0.1) is 11.6 Å². The Morgan fingerprint density at radius 1 is 1.43 bits per heavy atom. The number of carbonyl (C=O) groups excluding carboxylic acids is 1. The highest BCUT2D eigenvalue weighted by molar-refractivity contribution is 6.17. The van der Waals surface area contributed by atoms with Gasteiger partial charge in [0, 0.05) is 12.1 Å². The van der Waals surface area contributed by atoms with Crippen molar-refractivity contribution in [2.75, 3.05) is 6.61 Å². The topological polar surface area (TPSA) is 52.1 Å². The van der Waals surface area contributed by atoms with Crippen molar-refractivity contribution < 1.29 is 9.53 Å². The van der Waals surface area contributed by atoms with Gasteiger partial charge in [0.2, 0.25) is 0 Å². The van der Waals surface area contributed by atoms with Gasteiger partial charge in [-0.25, -0.2) is 14.8 Å². The summed E-state index contributed by atoms with van der Waals surface area (Å²) in [5.41, 5.74) is 0.970. The molecule has 21 heavy (non-hydrogen) atoms. The minimum atomic E-state index is -0.394. The third-order valence-corrected chi connectivity index (χ3v) is 4.49. The lowest BCUT2D eigenvalue weighted by molar-refractivity contribution is 0.0524. The first-order valence-electron chi connectivity index (χ1n) is 7.78. The maximum absolute atomic E-state index is 11.8. The number of esters is 1. The number of nitrogens with zero attached hydrogens (tertiary/aromatic N) is 2. The second-order valence-corrected chi connectivity index (χ2v) is 5.85. The fourth-order valence-corrected chi connectivity index (χ4v) is 3.21. The summed E-state index contributed by atoms with van der Waals surface area (Å²) in [7, 11) is 0. The summed E-state index contributed by atoms with van der Waals surface area (Å²) in [6.07, 6.45) is 7.57. The van der Waals surface area contributed by atoms with E-state index in [4.69, 9.17) is 16.3 Å². The van der Waals surface area contributed by atoms with Gasteiger partial charge >= 0.3 is 5.97 Å². The molecule has 0 saturated heterocycles. The SMILES string of the molecule is CCOC(=O)c1cnc(C2CCCC(CC)C2)nc1CCl. The van der Waals surface area contributed by atoms with Crippen molar-refractivity contribution in [2.24, 2.45) is 5.92 Å². The van der Waals surface area contributed by atoms with Crippen LogP contribution in [0.15, 0.2) is 6.20 Å². The van der Waals surface area contributed by atoms with Crippen LogP contribution < -0.4 is 0 Å². The minimum Gasteiger partial charge on any atom is -0.462 e. The third kappa shape index (κ3) is 3.94. The van der Waals surface area contributed by atoms with Gasteiger partial charge in [0.1, 0.15) is 11.4 Å². The fraction of sp³-hybridized carbons (Fsp3) is 0.688. The van der Waals surface area contributed by atoms with Gasteiger partial charge in [0.25, 0.3) is 0 Å². The van der Waals surface area contributed by atoms with E-state index in [0.29, 0.717) is 23.8 Å². The van der Waals surface area contributed by atoms with Crippen LogP contribution in [0.25, 0.3) is 0 Å². The van der Waals surface area contributed by atoms with E-state index in [2.05, 4.69) is 16.9 Å². The zero-order valence-electron chi connectivity index (χ0n) is 12.8. The largest absolute Gasteiger partial charge is 0.462 e. The molecule has 0 aliphatic heterocycles. The average Bonchev–Trinajstić information content (AvgIpc) is 2.54. The highest BCUT2D eigenvalue weighted by atomic mass is 35.5. The predicted octanol–water partition coefficient (Wildman–Crippen LogP) is 4.08. The lowest BCUT2D eigenvalue weighted by Gasteiger charge is -2.27. The molecule has 2 atom stereocenters. The summed E-state index contributed by atoms with van der Waals surface area (Å²) in [5, 5.41) is 0. The van der Waals surface area contributed by atoms with Crippen LogP contribution in [0.2, 0.25) is 0 Å². The Morgan fingerprint density at radius 3 is 2.90 bits per heavy atom. The highest BCUT2D eigenvalue weighted by Gasteiger charge is 2.25. The Kier molecular flexibility index (Phi) is 5.97. The van der Waals surface area contributed by atoms with Crippen molar-refractivity contribution in [1.29, 1.82) is 0 Å². The number of alkyl halides is 1. The van der Waals surface area contributed by atoms with E-state index < -0.39 is 5.97 Å². The summed E-state index contributed by atoms with van der Waals surface area (Å²) in [6.45, 7) is 4.35. The third-order valence-electron chi connectivity index (χ3n) is 4.23. The first-order chi connectivity index (χ1) is 10.2. The van der Waals surface area contributed by atoms with Crippen LogP contribution in [0.4, 0.5) is 0 Å². The number of hydrogen-bond acceptors (Lipinski definition) is 4. The van der Waals surface area contributed by atoms with Gasteiger partial charge in [0.15, 0.2) is 0 Å². The molecule has 0 aromatic carbocycles. The lowest BCUT2D eigenvalue weighted by atomic mass is 9.80. The van der Waals surface area contributed by atoms with E-state index in [1.165, 1.54) is 19.3 Å². The molecule has 116 valence electrons. The molecule has 2 unspecified atom stereocenters. The van der Waals surface area contributed by atoms with Crippen molar-refractivity contribution in [2.45, 2.75) is 57.7 Å². The molecule has 1 aliphatic rings. The van der Waals surface area contributed by atoms with E-state index >= 15 is 0 Å². The fourth-order valence-electron chi connectivity index (χ4n) is 3.01. The van der Waals surface area contributed by atoms with Gasteiger partial charge in [-0.05, 0) is 25.7 Å². The molecule has 1 saturated carbocycles. The van der Waals surface area contributed by atoms with E-state index in [1.807, 2.05) is 0 Å². The first-order valence-corrected chi connectivity index (χ1v) is 8.31. The second kappa shape index (κ2) is 7.74. The first kappa shape index (κ1) is 16.2. The van der Waals surface area contributed by atoms with Crippen LogP contribution >= 0.6 is 11.6 Å². The van der Waals surface area contributed by atoms with Crippen LogP contribution in [0.3, 0.4) is 0 Å². The van der Waals surface area contributed by atoms with Crippen LogP contribution in [0, 0.1) is 5.92 Å². The molecule has 5 heteroatoms. The molecule has 1 aliphatic carbocycles. The predicted molar refractivity (Wildman–Crippen MR) is 82.5 cm³/mol. The quantitative estimate of drug-likeness (QED) is 0.607. The van der Waals surface area contributed by atoms with Crippen LogP contribution in [-0.4, -0.2) is 22.5 Å². The van der Waals surface area contributed by atoms with Gasteiger partial charge in [0.05, 0.1) is 18.2 Å². The minimum absolute atomic E-state index is 0.202. The monoisotopic (exact) mass is 310 g/mol. The van der Waals surface area contributed by atoms with E-state index in [0.717, 1.165) is 24.6 Å². The molecule has 1 heterocycles. The second-order valence-electron chi connectivity index (χ2n) is 5.58. The number of hydrogen-bond donors (Lipinski definition) is 0. The maximum atomic E-state index is 11.8. The number of ether oxygens (including phenoxy) is 1. The molecule has 0 N–H and O–H groups in total. The van der Waals surface area contributed by atoms with Crippen molar-refractivity contribution in [3.8, 4) is 0 Å². The zero-order chi connectivity index (χ0) is 15.2. The number of aromatic nitrogens is 2. The standard InChI is InChI=1S/C16H23ClN2O2/c1-3-11-6-5-7-12(8-11)15-18-10-13(14(9-17)19-15)16(20)21-4-2/h10-12H,3-9H2,1-2H3. The number of rotatable bonds is 5. The zero-order valence-corrected chi connectivity index (χ0v) is 13.5. The molecular weight excluding hydrogens is 288 g/mol. The summed E-state index contributed by atoms with van der Waals surface area (Å²) in [4.78, 5) is 20.8. The van der Waals surface area contributed by atoms with Crippen molar-refractivity contribution in [1.82, 2.24) is 9.97 Å². The molecule has 0 amide bonds. The molecule has 4 nitrogen and oxygen atoms in total. The summed E-state index contributed by atoms with van der Waals surface area (Å²) >= 11 is 5.95. The normalized spacial score (nSPS) is 22.0. The van der Waals surface area contributed by atoms with Gasteiger partial charge in [-0.2, -0.15) is 0 Å². The average molecular weight is 311 g/mol. The Bertz CT molecular complexity index is 493. The smallest absolute Gasteiger partial charge is 0.341 e. The van der Waals surface area contributed by atoms with E-state index in [9.17, 15) is 4.79 Å². The van der Waals surface area contributed by atoms with Crippen LogP contribution in [-0.2, 0) is 10.6 Å². The van der Waals surface area contributed by atoms with E-state index in [1.54, 1.807) is 13.1 Å². The Hall–Kier alpha value is -1.16. The van der Waals surface area contributed by atoms with Crippen molar-refractivity contribution in [3.05, 3.63) is 23.3 Å². The van der Waals surface area contributed by atoms with Crippen molar-refractivity contribution in [3.63, 3.8) is 0 Å². The Morgan fingerprint density at radius 2 is 2.24 bits per heavy atom. The van der Waals surface area contributed by atoms with Gasteiger partial charge in [-0.3, -0.25) is 0 Å². The molecular formula is C16H23ClN2O2. The van der Waals surface area contributed by atoms with Gasteiger partial charge < -0.3 is 4.74 Å². The highest BCUT2D eigenvalue weighted by Crippen LogP contribution is 2.36. The summed E-state index contributed by atoms with van der Waals surface area (Å²) in [5.74, 6) is 1.79. The number of halogens is 1. The summed E-state index contributed by atoms with van der Waals surface area (Å²) < 4.78 is 5.01. The van der Waals surface area contributed by atoms with Crippen molar-refractivity contribution >= 4 is 17.6 Å². The summed E-state index contributed by atoms with van der Waals surface area (Å²) in [6, 6.07) is 0. The van der Waals surface area contributed by atoms with Crippen LogP contribution in [0.1, 0.15) is 73.7 Å².